The maximum absolute atomic E-state index is 11.8. The summed E-state index contributed by atoms with van der Waals surface area (Å²) in [5, 5.41) is 9.38. The van der Waals surface area contributed by atoms with Crippen molar-refractivity contribution in [2.75, 3.05) is 26.9 Å². The Kier molecular flexibility index (Phi) is 6.73. The third-order valence-corrected chi connectivity index (χ3v) is 4.38. The number of carbonyl (C=O) groups excluding carboxylic acids is 1. The molecule has 1 amide bonds. The van der Waals surface area contributed by atoms with Gasteiger partial charge in [0.05, 0.1) is 0 Å². The highest BCUT2D eigenvalue weighted by molar-refractivity contribution is 5.94. The quantitative estimate of drug-likeness (QED) is 0.504. The van der Waals surface area contributed by atoms with Crippen molar-refractivity contribution in [2.24, 2.45) is 4.99 Å². The molecule has 0 saturated heterocycles. The zero-order valence-corrected chi connectivity index (χ0v) is 16.2. The molecule has 0 fully saturated rings. The lowest BCUT2D eigenvalue weighted by Crippen LogP contribution is -2.37. The molecular formula is C21H26N4O3. The van der Waals surface area contributed by atoms with Crippen LogP contribution in [-0.4, -0.2) is 38.8 Å². The molecule has 28 heavy (non-hydrogen) atoms. The molecule has 148 valence electrons. The van der Waals surface area contributed by atoms with Crippen LogP contribution in [0.15, 0.2) is 47.5 Å². The number of aliphatic imine (C=N–C) groups is 1. The monoisotopic (exact) mass is 382 g/mol. The van der Waals surface area contributed by atoms with E-state index in [4.69, 9.17) is 9.47 Å². The molecule has 0 aromatic heterocycles. The molecule has 0 saturated carbocycles. The van der Waals surface area contributed by atoms with Crippen LogP contribution < -0.4 is 25.4 Å². The number of amides is 1. The number of benzene rings is 2. The molecule has 0 aliphatic carbocycles. The minimum absolute atomic E-state index is 0.0528. The summed E-state index contributed by atoms with van der Waals surface area (Å²) >= 11 is 0. The van der Waals surface area contributed by atoms with Gasteiger partial charge in [-0.3, -0.25) is 9.79 Å². The standard InChI is InChI=1S/C21H26N4O3/c1-3-23-20(26)17-7-4-16(5-8-17)13-25-21(22-2)24-11-10-15-6-9-18-19(12-15)28-14-27-18/h4-9,12H,3,10-11,13-14H2,1-2H3,(H,23,26)(H2,22,24,25). The van der Waals surface area contributed by atoms with Crippen molar-refractivity contribution < 1.29 is 14.3 Å². The molecule has 0 bridgehead atoms. The van der Waals surface area contributed by atoms with Crippen LogP contribution in [0.3, 0.4) is 0 Å². The highest BCUT2D eigenvalue weighted by atomic mass is 16.7. The first kappa shape index (κ1) is 19.5. The maximum Gasteiger partial charge on any atom is 0.251 e. The number of nitrogens with zero attached hydrogens (tertiary/aromatic N) is 1. The number of hydrogen-bond acceptors (Lipinski definition) is 4. The topological polar surface area (TPSA) is 84.0 Å². The molecule has 0 radical (unpaired) electrons. The second-order valence-electron chi connectivity index (χ2n) is 6.35. The average Bonchev–Trinajstić information content (AvgIpc) is 3.19. The first-order chi connectivity index (χ1) is 13.7. The van der Waals surface area contributed by atoms with E-state index in [-0.39, 0.29) is 12.7 Å². The van der Waals surface area contributed by atoms with E-state index in [2.05, 4.69) is 20.9 Å². The molecule has 3 N–H and O–H groups in total. The number of fused-ring (bicyclic) bond motifs is 1. The smallest absolute Gasteiger partial charge is 0.251 e. The van der Waals surface area contributed by atoms with Crippen LogP contribution in [0.1, 0.15) is 28.4 Å². The lowest BCUT2D eigenvalue weighted by atomic mass is 10.1. The van der Waals surface area contributed by atoms with E-state index >= 15 is 0 Å². The number of carbonyl (C=O) groups is 1. The summed E-state index contributed by atoms with van der Waals surface area (Å²) in [5.41, 5.74) is 2.91. The summed E-state index contributed by atoms with van der Waals surface area (Å²) in [7, 11) is 1.74. The number of hydrogen-bond donors (Lipinski definition) is 3. The number of nitrogens with one attached hydrogen (secondary N) is 3. The summed E-state index contributed by atoms with van der Waals surface area (Å²) in [6.45, 7) is 4.18. The minimum atomic E-state index is -0.0528. The van der Waals surface area contributed by atoms with Crippen molar-refractivity contribution in [2.45, 2.75) is 19.9 Å². The normalized spacial score (nSPS) is 12.6. The van der Waals surface area contributed by atoms with Gasteiger partial charge in [0.1, 0.15) is 0 Å². The number of rotatable bonds is 7. The van der Waals surface area contributed by atoms with Crippen molar-refractivity contribution in [3.05, 3.63) is 59.2 Å². The second kappa shape index (κ2) is 9.64. The summed E-state index contributed by atoms with van der Waals surface area (Å²) in [6, 6.07) is 13.5. The Morgan fingerprint density at radius 3 is 2.50 bits per heavy atom. The molecule has 1 aliphatic rings. The summed E-state index contributed by atoms with van der Waals surface area (Å²) < 4.78 is 10.7. The third-order valence-electron chi connectivity index (χ3n) is 4.38. The Hall–Kier alpha value is -3.22. The van der Waals surface area contributed by atoms with E-state index in [1.165, 1.54) is 5.56 Å². The zero-order valence-electron chi connectivity index (χ0n) is 16.2. The van der Waals surface area contributed by atoms with Gasteiger partial charge in [-0.15, -0.1) is 0 Å². The van der Waals surface area contributed by atoms with Gasteiger partial charge in [0.25, 0.3) is 5.91 Å². The Morgan fingerprint density at radius 2 is 1.75 bits per heavy atom. The molecular weight excluding hydrogens is 356 g/mol. The maximum atomic E-state index is 11.8. The fraction of sp³-hybridized carbons (Fsp3) is 0.333. The van der Waals surface area contributed by atoms with Crippen LogP contribution in [0.5, 0.6) is 11.5 Å². The molecule has 7 nitrogen and oxygen atoms in total. The molecule has 3 rings (SSSR count). The van der Waals surface area contributed by atoms with E-state index in [1.54, 1.807) is 7.05 Å². The van der Waals surface area contributed by atoms with Gasteiger partial charge in [-0.05, 0) is 48.7 Å². The molecule has 7 heteroatoms. The van der Waals surface area contributed by atoms with Crippen molar-refractivity contribution >= 4 is 11.9 Å². The van der Waals surface area contributed by atoms with Crippen molar-refractivity contribution in [1.82, 2.24) is 16.0 Å². The van der Waals surface area contributed by atoms with Gasteiger partial charge in [-0.25, -0.2) is 0 Å². The highest BCUT2D eigenvalue weighted by Gasteiger charge is 2.13. The van der Waals surface area contributed by atoms with Gasteiger partial charge in [0.2, 0.25) is 6.79 Å². The predicted molar refractivity (Wildman–Crippen MR) is 109 cm³/mol. The van der Waals surface area contributed by atoms with Gasteiger partial charge in [-0.1, -0.05) is 18.2 Å². The predicted octanol–water partition coefficient (Wildman–Crippen LogP) is 2.07. The summed E-state index contributed by atoms with van der Waals surface area (Å²) in [6.07, 6.45) is 0.846. The fourth-order valence-corrected chi connectivity index (χ4v) is 2.86. The van der Waals surface area contributed by atoms with Crippen molar-refractivity contribution in [3.8, 4) is 11.5 Å². The van der Waals surface area contributed by atoms with E-state index in [1.807, 2.05) is 49.4 Å². The van der Waals surface area contributed by atoms with E-state index in [9.17, 15) is 4.79 Å². The largest absolute Gasteiger partial charge is 0.454 e. The molecule has 0 unspecified atom stereocenters. The molecule has 2 aromatic carbocycles. The second-order valence-corrected chi connectivity index (χ2v) is 6.35. The number of ether oxygens (including phenoxy) is 2. The van der Waals surface area contributed by atoms with Gasteiger partial charge >= 0.3 is 0 Å². The Bertz CT molecular complexity index is 834. The first-order valence-electron chi connectivity index (χ1n) is 9.39. The van der Waals surface area contributed by atoms with Crippen LogP contribution in [-0.2, 0) is 13.0 Å². The van der Waals surface area contributed by atoms with Crippen molar-refractivity contribution in [3.63, 3.8) is 0 Å². The summed E-state index contributed by atoms with van der Waals surface area (Å²) in [4.78, 5) is 16.0. The SMILES string of the molecule is CCNC(=O)c1ccc(CNC(=NC)NCCc2ccc3c(c2)OCO3)cc1. The van der Waals surface area contributed by atoms with Crippen molar-refractivity contribution in [1.29, 1.82) is 0 Å². The average molecular weight is 382 g/mol. The number of guanidine groups is 1. The molecule has 0 spiro atoms. The first-order valence-corrected chi connectivity index (χ1v) is 9.39. The highest BCUT2D eigenvalue weighted by Crippen LogP contribution is 2.32. The van der Waals surface area contributed by atoms with Crippen LogP contribution in [0.25, 0.3) is 0 Å². The van der Waals surface area contributed by atoms with E-state index in [0.717, 1.165) is 36.0 Å². The van der Waals surface area contributed by atoms with Crippen LogP contribution in [0, 0.1) is 0 Å². The van der Waals surface area contributed by atoms with Gasteiger partial charge in [0.15, 0.2) is 17.5 Å². The fourth-order valence-electron chi connectivity index (χ4n) is 2.86. The molecule has 0 atom stereocenters. The van der Waals surface area contributed by atoms with Gasteiger partial charge < -0.3 is 25.4 Å². The summed E-state index contributed by atoms with van der Waals surface area (Å²) in [5.74, 6) is 2.28. The molecule has 1 aliphatic heterocycles. The van der Waals surface area contributed by atoms with Crippen LogP contribution in [0.4, 0.5) is 0 Å². The van der Waals surface area contributed by atoms with E-state index < -0.39 is 0 Å². The lowest BCUT2D eigenvalue weighted by Gasteiger charge is -2.12. The Balaban J connectivity index is 1.44. The minimum Gasteiger partial charge on any atom is -0.454 e. The third kappa shape index (κ3) is 5.16. The zero-order chi connectivity index (χ0) is 19.8. The van der Waals surface area contributed by atoms with Crippen LogP contribution >= 0.6 is 0 Å². The molecule has 1 heterocycles. The Labute approximate surface area is 165 Å². The van der Waals surface area contributed by atoms with E-state index in [0.29, 0.717) is 18.7 Å². The van der Waals surface area contributed by atoms with Crippen LogP contribution in [0.2, 0.25) is 0 Å². The Morgan fingerprint density at radius 1 is 1.00 bits per heavy atom. The lowest BCUT2D eigenvalue weighted by molar-refractivity contribution is 0.0956. The van der Waals surface area contributed by atoms with Gasteiger partial charge in [0, 0.05) is 32.2 Å². The molecule has 2 aromatic rings. The van der Waals surface area contributed by atoms with Gasteiger partial charge in [-0.2, -0.15) is 0 Å².